The van der Waals surface area contributed by atoms with E-state index in [2.05, 4.69) is 45.1 Å². The number of rotatable bonds is 5. The third-order valence-electron chi connectivity index (χ3n) is 5.42. The van der Waals surface area contributed by atoms with Crippen molar-refractivity contribution in [3.8, 4) is 5.75 Å². The van der Waals surface area contributed by atoms with Gasteiger partial charge in [-0.1, -0.05) is 46.2 Å². The van der Waals surface area contributed by atoms with Crippen LogP contribution >= 0.6 is 0 Å². The summed E-state index contributed by atoms with van der Waals surface area (Å²) < 4.78 is 5.98. The van der Waals surface area contributed by atoms with Crippen LogP contribution in [0.25, 0.3) is 0 Å². The molecule has 0 aromatic heterocycles. The highest BCUT2D eigenvalue weighted by Crippen LogP contribution is 2.33. The third kappa shape index (κ3) is 4.95. The fraction of sp³-hybridized carbons (Fsp3) is 0.480. The molecule has 1 aliphatic carbocycles. The number of fused-ring (bicyclic) bond motifs is 1. The molecular formula is C25H33NO2. The minimum Gasteiger partial charge on any atom is -0.491 e. The lowest BCUT2D eigenvalue weighted by Crippen LogP contribution is -2.15. The zero-order chi connectivity index (χ0) is 20.1. The van der Waals surface area contributed by atoms with E-state index in [1.54, 1.807) is 0 Å². The molecule has 150 valence electrons. The maximum absolute atomic E-state index is 12.9. The maximum atomic E-state index is 12.9. The van der Waals surface area contributed by atoms with Crippen molar-refractivity contribution in [1.82, 2.24) is 0 Å². The Morgan fingerprint density at radius 3 is 2.25 bits per heavy atom. The molecule has 0 bridgehead atoms. The first kappa shape index (κ1) is 20.4. The van der Waals surface area contributed by atoms with E-state index < -0.39 is 0 Å². The van der Waals surface area contributed by atoms with Crippen LogP contribution < -0.4 is 10.1 Å². The number of carbonyl (C=O) groups is 1. The first-order valence-corrected chi connectivity index (χ1v) is 10.6. The highest BCUT2D eigenvalue weighted by Gasteiger charge is 2.17. The van der Waals surface area contributed by atoms with Crippen LogP contribution in [0.15, 0.2) is 36.4 Å². The van der Waals surface area contributed by atoms with E-state index in [4.69, 9.17) is 4.74 Å². The van der Waals surface area contributed by atoms with Gasteiger partial charge in [0.2, 0.25) is 0 Å². The van der Waals surface area contributed by atoms with Crippen LogP contribution in [-0.2, 0) is 18.3 Å². The number of anilines is 1. The lowest BCUT2D eigenvalue weighted by molar-refractivity contribution is 0.102. The van der Waals surface area contributed by atoms with Gasteiger partial charge in [0.15, 0.2) is 0 Å². The van der Waals surface area contributed by atoms with Crippen LogP contribution in [0.1, 0.15) is 80.4 Å². The summed E-state index contributed by atoms with van der Waals surface area (Å²) in [6, 6.07) is 12.2. The largest absolute Gasteiger partial charge is 0.491 e. The second-order valence-electron chi connectivity index (χ2n) is 8.81. The van der Waals surface area contributed by atoms with E-state index >= 15 is 0 Å². The molecule has 0 atom stereocenters. The molecule has 28 heavy (non-hydrogen) atoms. The second-order valence-corrected chi connectivity index (χ2v) is 8.81. The van der Waals surface area contributed by atoms with Gasteiger partial charge in [0.25, 0.3) is 5.91 Å². The smallest absolute Gasteiger partial charge is 0.255 e. The van der Waals surface area contributed by atoms with Crippen LogP contribution in [0.5, 0.6) is 5.75 Å². The normalized spacial score (nSPS) is 14.1. The Hall–Kier alpha value is -2.29. The summed E-state index contributed by atoms with van der Waals surface area (Å²) in [7, 11) is 0. The number of benzene rings is 2. The van der Waals surface area contributed by atoms with E-state index in [0.717, 1.165) is 30.7 Å². The molecule has 0 unspecified atom stereocenters. The van der Waals surface area contributed by atoms with Gasteiger partial charge >= 0.3 is 0 Å². The molecule has 3 nitrogen and oxygen atoms in total. The molecule has 3 rings (SSSR count). The van der Waals surface area contributed by atoms with Gasteiger partial charge in [0.05, 0.1) is 12.3 Å². The standard InChI is InChI=1S/C25H33NO2/c1-5-15-28-23-17-20-10-8-6-7-9-19(20)16-22(23)26-24(27)18-11-13-21(14-12-18)25(2,3)4/h11-14,16-17H,5-10,15H2,1-4H3,(H,26,27). The highest BCUT2D eigenvalue weighted by atomic mass is 16.5. The van der Waals surface area contributed by atoms with Crippen molar-refractivity contribution in [3.63, 3.8) is 0 Å². The van der Waals surface area contributed by atoms with Gasteiger partial charge in [-0.15, -0.1) is 0 Å². The van der Waals surface area contributed by atoms with Crippen molar-refractivity contribution < 1.29 is 9.53 Å². The van der Waals surface area contributed by atoms with E-state index in [1.807, 2.05) is 24.3 Å². The van der Waals surface area contributed by atoms with E-state index in [0.29, 0.717) is 12.2 Å². The number of carbonyl (C=O) groups excluding carboxylic acids is 1. The number of hydrogen-bond donors (Lipinski definition) is 1. The average Bonchev–Trinajstić information content (AvgIpc) is 2.90. The molecule has 0 heterocycles. The van der Waals surface area contributed by atoms with Crippen molar-refractivity contribution in [2.45, 2.75) is 71.6 Å². The quantitative estimate of drug-likeness (QED) is 0.620. The van der Waals surface area contributed by atoms with Crippen molar-refractivity contribution in [2.75, 3.05) is 11.9 Å². The lowest BCUT2D eigenvalue weighted by atomic mass is 9.86. The Morgan fingerprint density at radius 2 is 1.64 bits per heavy atom. The molecule has 3 heteroatoms. The van der Waals surface area contributed by atoms with Gasteiger partial charge in [0, 0.05) is 5.56 Å². The summed E-state index contributed by atoms with van der Waals surface area (Å²) in [6.07, 6.45) is 6.82. The van der Waals surface area contributed by atoms with Crippen LogP contribution in [0, 0.1) is 0 Å². The van der Waals surface area contributed by atoms with E-state index in [1.165, 1.54) is 36.0 Å². The molecule has 1 amide bonds. The van der Waals surface area contributed by atoms with Crippen molar-refractivity contribution >= 4 is 11.6 Å². The van der Waals surface area contributed by atoms with Crippen LogP contribution in [0.2, 0.25) is 0 Å². The first-order valence-electron chi connectivity index (χ1n) is 10.6. The monoisotopic (exact) mass is 379 g/mol. The lowest BCUT2D eigenvalue weighted by Gasteiger charge is -2.19. The number of aryl methyl sites for hydroxylation is 2. The summed E-state index contributed by atoms with van der Waals surface area (Å²) >= 11 is 0. The van der Waals surface area contributed by atoms with E-state index in [-0.39, 0.29) is 11.3 Å². The predicted octanol–water partition coefficient (Wildman–Crippen LogP) is 6.29. The Morgan fingerprint density at radius 1 is 1.00 bits per heavy atom. The Balaban J connectivity index is 1.85. The highest BCUT2D eigenvalue weighted by molar-refractivity contribution is 6.05. The molecule has 0 saturated heterocycles. The minimum absolute atomic E-state index is 0.0766. The van der Waals surface area contributed by atoms with Gasteiger partial charge < -0.3 is 10.1 Å². The zero-order valence-electron chi connectivity index (χ0n) is 17.7. The third-order valence-corrected chi connectivity index (χ3v) is 5.42. The molecule has 0 aliphatic heterocycles. The molecule has 0 fully saturated rings. The van der Waals surface area contributed by atoms with Gasteiger partial charge in [0.1, 0.15) is 5.75 Å². The Kier molecular flexibility index (Phi) is 6.43. The molecule has 0 radical (unpaired) electrons. The summed E-state index contributed by atoms with van der Waals surface area (Å²) in [5, 5.41) is 3.10. The fourth-order valence-electron chi connectivity index (χ4n) is 3.69. The van der Waals surface area contributed by atoms with Gasteiger partial charge in [-0.2, -0.15) is 0 Å². The van der Waals surface area contributed by atoms with Crippen LogP contribution in [-0.4, -0.2) is 12.5 Å². The SMILES string of the molecule is CCCOc1cc2c(cc1NC(=O)c1ccc(C(C)(C)C)cc1)CCCCC2. The number of amides is 1. The molecule has 2 aromatic rings. The Labute approximate surface area is 169 Å². The zero-order valence-corrected chi connectivity index (χ0v) is 17.7. The van der Waals surface area contributed by atoms with Gasteiger partial charge in [-0.05, 0) is 78.5 Å². The molecule has 1 aliphatic rings. The molecular weight excluding hydrogens is 346 g/mol. The summed E-state index contributed by atoms with van der Waals surface area (Å²) in [5.41, 5.74) is 5.48. The first-order chi connectivity index (χ1) is 13.4. The average molecular weight is 380 g/mol. The molecule has 2 aromatic carbocycles. The number of nitrogens with one attached hydrogen (secondary N) is 1. The van der Waals surface area contributed by atoms with Crippen molar-refractivity contribution in [3.05, 3.63) is 58.7 Å². The van der Waals surface area contributed by atoms with Crippen LogP contribution in [0.3, 0.4) is 0 Å². The maximum Gasteiger partial charge on any atom is 0.255 e. The van der Waals surface area contributed by atoms with Crippen molar-refractivity contribution in [2.24, 2.45) is 0 Å². The summed E-state index contributed by atoms with van der Waals surface area (Å²) in [5.74, 6) is 0.706. The molecule has 0 spiro atoms. The topological polar surface area (TPSA) is 38.3 Å². The predicted molar refractivity (Wildman–Crippen MR) is 117 cm³/mol. The van der Waals surface area contributed by atoms with Crippen molar-refractivity contribution in [1.29, 1.82) is 0 Å². The van der Waals surface area contributed by atoms with Gasteiger partial charge in [-0.3, -0.25) is 4.79 Å². The Bertz CT molecular complexity index is 816. The summed E-state index contributed by atoms with van der Waals surface area (Å²) in [6.45, 7) is 9.28. The summed E-state index contributed by atoms with van der Waals surface area (Å²) in [4.78, 5) is 12.9. The minimum atomic E-state index is -0.0876. The van der Waals surface area contributed by atoms with E-state index in [9.17, 15) is 4.79 Å². The molecule has 0 saturated carbocycles. The van der Waals surface area contributed by atoms with Crippen LogP contribution in [0.4, 0.5) is 5.69 Å². The fourth-order valence-corrected chi connectivity index (χ4v) is 3.69. The van der Waals surface area contributed by atoms with Gasteiger partial charge in [-0.25, -0.2) is 0 Å². The number of ether oxygens (including phenoxy) is 1. The molecule has 1 N–H and O–H groups in total. The number of hydrogen-bond acceptors (Lipinski definition) is 2. The second kappa shape index (κ2) is 8.81.